The Morgan fingerprint density at radius 2 is 1.68 bits per heavy atom. The third kappa shape index (κ3) is 2.62. The van der Waals surface area contributed by atoms with Gasteiger partial charge in [0.25, 0.3) is 0 Å². The third-order valence-electron chi connectivity index (χ3n) is 3.75. The molecule has 1 aromatic heterocycles. The fourth-order valence-corrected chi connectivity index (χ4v) is 2.73. The average molecular weight is 288 g/mol. The van der Waals surface area contributed by atoms with Gasteiger partial charge in [0, 0.05) is 10.9 Å². The van der Waals surface area contributed by atoms with E-state index >= 15 is 0 Å². The topological polar surface area (TPSA) is 13.1 Å². The standard InChI is InChI=1S/C19H14O.C2H6/c1-3-7-14(8-4-1)15-11-12-17-16-9-5-2-6-10-18(16)20-19(17)13-15;1-2/h1-8,10-13H,9H2;1-2H3. The highest BCUT2D eigenvalue weighted by molar-refractivity contribution is 5.89. The number of hydrogen-bond donors (Lipinski definition) is 0. The van der Waals surface area contributed by atoms with Gasteiger partial charge in [-0.05, 0) is 29.7 Å². The molecule has 0 aliphatic heterocycles. The summed E-state index contributed by atoms with van der Waals surface area (Å²) in [5, 5.41) is 1.22. The molecule has 4 rings (SSSR count). The molecule has 1 aliphatic rings. The number of fused-ring (bicyclic) bond motifs is 3. The Hall–Kier alpha value is -2.54. The van der Waals surface area contributed by atoms with Crippen LogP contribution in [0.15, 0.2) is 71.2 Å². The van der Waals surface area contributed by atoms with Gasteiger partial charge in [0.1, 0.15) is 11.3 Å². The van der Waals surface area contributed by atoms with Crippen molar-refractivity contribution in [2.45, 2.75) is 20.3 Å². The van der Waals surface area contributed by atoms with Crippen molar-refractivity contribution in [3.63, 3.8) is 0 Å². The molecule has 3 aromatic rings. The molecule has 0 saturated heterocycles. The first kappa shape index (κ1) is 14.4. The summed E-state index contributed by atoms with van der Waals surface area (Å²) in [6.45, 7) is 4.00. The molecule has 0 spiro atoms. The first-order valence-corrected chi connectivity index (χ1v) is 7.86. The summed E-state index contributed by atoms with van der Waals surface area (Å²) in [4.78, 5) is 0. The largest absolute Gasteiger partial charge is 0.456 e. The van der Waals surface area contributed by atoms with E-state index in [1.807, 2.05) is 32.1 Å². The van der Waals surface area contributed by atoms with Gasteiger partial charge in [-0.2, -0.15) is 0 Å². The van der Waals surface area contributed by atoms with Crippen LogP contribution in [0.1, 0.15) is 25.2 Å². The summed E-state index contributed by atoms with van der Waals surface area (Å²) in [6, 6.07) is 16.9. The third-order valence-corrected chi connectivity index (χ3v) is 3.75. The molecule has 1 aliphatic carbocycles. The predicted octanol–water partition coefficient (Wildman–Crippen LogP) is 6.25. The number of allylic oxidation sites excluding steroid dienone is 3. The summed E-state index contributed by atoms with van der Waals surface area (Å²) in [7, 11) is 0. The summed E-state index contributed by atoms with van der Waals surface area (Å²) in [5.41, 5.74) is 4.67. The first-order valence-electron chi connectivity index (χ1n) is 7.86. The maximum absolute atomic E-state index is 6.01. The number of hydrogen-bond acceptors (Lipinski definition) is 1. The van der Waals surface area contributed by atoms with Crippen molar-refractivity contribution in [3.05, 3.63) is 78.1 Å². The molecule has 0 amide bonds. The van der Waals surface area contributed by atoms with Gasteiger partial charge in [0.15, 0.2) is 0 Å². The normalized spacial score (nSPS) is 12.5. The Bertz CT molecular complexity index is 820. The fraction of sp³-hybridized carbons (Fsp3) is 0.143. The maximum Gasteiger partial charge on any atom is 0.135 e. The molecule has 0 saturated carbocycles. The SMILES string of the molecule is C1=CCc2c(oc3cc(-c4ccccc4)ccc23)C=C1.CC. The van der Waals surface area contributed by atoms with E-state index in [9.17, 15) is 0 Å². The molecule has 0 atom stereocenters. The monoisotopic (exact) mass is 288 g/mol. The molecule has 0 fully saturated rings. The van der Waals surface area contributed by atoms with E-state index in [0.717, 1.165) is 17.8 Å². The Morgan fingerprint density at radius 3 is 2.50 bits per heavy atom. The molecule has 1 heteroatoms. The number of rotatable bonds is 1. The van der Waals surface area contributed by atoms with E-state index < -0.39 is 0 Å². The predicted molar refractivity (Wildman–Crippen MR) is 94.9 cm³/mol. The quantitative estimate of drug-likeness (QED) is 0.515. The highest BCUT2D eigenvalue weighted by Gasteiger charge is 2.12. The molecule has 22 heavy (non-hydrogen) atoms. The molecule has 0 bridgehead atoms. The summed E-state index contributed by atoms with van der Waals surface area (Å²) < 4.78 is 6.01. The summed E-state index contributed by atoms with van der Waals surface area (Å²) in [6.07, 6.45) is 9.25. The second kappa shape index (κ2) is 6.48. The highest BCUT2D eigenvalue weighted by Crippen LogP contribution is 2.32. The van der Waals surface area contributed by atoms with Crippen LogP contribution < -0.4 is 0 Å². The lowest BCUT2D eigenvalue weighted by Gasteiger charge is -2.01. The minimum Gasteiger partial charge on any atom is -0.456 e. The maximum atomic E-state index is 6.01. The molecule has 0 unspecified atom stereocenters. The Morgan fingerprint density at radius 1 is 0.864 bits per heavy atom. The van der Waals surface area contributed by atoms with Crippen molar-refractivity contribution in [2.75, 3.05) is 0 Å². The van der Waals surface area contributed by atoms with E-state index in [1.165, 1.54) is 22.1 Å². The molecule has 1 nitrogen and oxygen atoms in total. The van der Waals surface area contributed by atoms with Gasteiger partial charge in [0.05, 0.1) is 0 Å². The Kier molecular flexibility index (Phi) is 4.24. The van der Waals surface area contributed by atoms with Crippen molar-refractivity contribution in [1.82, 2.24) is 0 Å². The molecular weight excluding hydrogens is 268 g/mol. The minimum absolute atomic E-state index is 0.931. The van der Waals surface area contributed by atoms with Crippen molar-refractivity contribution in [1.29, 1.82) is 0 Å². The van der Waals surface area contributed by atoms with Gasteiger partial charge < -0.3 is 4.42 Å². The Balaban J connectivity index is 0.000000693. The lowest BCUT2D eigenvalue weighted by Crippen LogP contribution is -1.81. The zero-order valence-electron chi connectivity index (χ0n) is 13.0. The second-order valence-corrected chi connectivity index (χ2v) is 5.01. The van der Waals surface area contributed by atoms with Crippen LogP contribution in [-0.4, -0.2) is 0 Å². The average Bonchev–Trinajstić information content (AvgIpc) is 2.77. The number of benzene rings is 2. The van der Waals surface area contributed by atoms with Crippen LogP contribution in [0.5, 0.6) is 0 Å². The van der Waals surface area contributed by atoms with E-state index in [0.29, 0.717) is 0 Å². The van der Waals surface area contributed by atoms with Crippen molar-refractivity contribution in [2.24, 2.45) is 0 Å². The first-order chi connectivity index (χ1) is 10.9. The smallest absolute Gasteiger partial charge is 0.135 e. The van der Waals surface area contributed by atoms with Crippen molar-refractivity contribution in [3.8, 4) is 11.1 Å². The molecular formula is C21H20O. The minimum atomic E-state index is 0.931. The van der Waals surface area contributed by atoms with Crippen molar-refractivity contribution >= 4 is 17.0 Å². The molecule has 0 radical (unpaired) electrons. The van der Waals surface area contributed by atoms with Crippen LogP contribution in [-0.2, 0) is 6.42 Å². The van der Waals surface area contributed by atoms with Gasteiger partial charge in [-0.15, -0.1) is 0 Å². The van der Waals surface area contributed by atoms with E-state index in [4.69, 9.17) is 4.42 Å². The lowest BCUT2D eigenvalue weighted by atomic mass is 10.0. The van der Waals surface area contributed by atoms with Gasteiger partial charge >= 0.3 is 0 Å². The van der Waals surface area contributed by atoms with E-state index in [1.54, 1.807) is 0 Å². The van der Waals surface area contributed by atoms with Crippen molar-refractivity contribution < 1.29 is 4.42 Å². The zero-order valence-corrected chi connectivity index (χ0v) is 13.0. The second-order valence-electron chi connectivity index (χ2n) is 5.01. The molecule has 0 N–H and O–H groups in total. The molecule has 2 aromatic carbocycles. The number of furan rings is 1. The van der Waals surface area contributed by atoms with E-state index in [-0.39, 0.29) is 0 Å². The molecule has 1 heterocycles. The van der Waals surface area contributed by atoms with Crippen LogP contribution in [0.2, 0.25) is 0 Å². The van der Waals surface area contributed by atoms with Crippen LogP contribution in [0.4, 0.5) is 0 Å². The van der Waals surface area contributed by atoms with E-state index in [2.05, 4.69) is 54.6 Å². The van der Waals surface area contributed by atoms with Crippen LogP contribution in [0.25, 0.3) is 28.2 Å². The van der Waals surface area contributed by atoms with Crippen LogP contribution in [0, 0.1) is 0 Å². The molecule has 110 valence electrons. The van der Waals surface area contributed by atoms with Gasteiger partial charge in [0.2, 0.25) is 0 Å². The Labute approximate surface area is 131 Å². The van der Waals surface area contributed by atoms with Gasteiger partial charge in [-0.3, -0.25) is 0 Å². The van der Waals surface area contributed by atoms with Gasteiger partial charge in [-0.25, -0.2) is 0 Å². The van der Waals surface area contributed by atoms with Gasteiger partial charge in [-0.1, -0.05) is 74.5 Å². The summed E-state index contributed by atoms with van der Waals surface area (Å²) >= 11 is 0. The fourth-order valence-electron chi connectivity index (χ4n) is 2.73. The highest BCUT2D eigenvalue weighted by atomic mass is 16.3. The van der Waals surface area contributed by atoms with Crippen LogP contribution >= 0.6 is 0 Å². The summed E-state index contributed by atoms with van der Waals surface area (Å²) in [5.74, 6) is 0.982. The zero-order chi connectivity index (χ0) is 15.4. The lowest BCUT2D eigenvalue weighted by molar-refractivity contribution is 0.600. The van der Waals surface area contributed by atoms with Crippen LogP contribution in [0.3, 0.4) is 0 Å².